The van der Waals surface area contributed by atoms with E-state index in [9.17, 15) is 9.59 Å². The van der Waals surface area contributed by atoms with Crippen molar-refractivity contribution in [3.8, 4) is 0 Å². The number of carbonyl (C=O) groups excluding carboxylic acids is 1. The van der Waals surface area contributed by atoms with Gasteiger partial charge in [-0.15, -0.1) is 11.8 Å². The molecule has 2 heterocycles. The van der Waals surface area contributed by atoms with Crippen LogP contribution in [-0.4, -0.2) is 58.9 Å². The number of rotatable bonds is 6. The first-order valence-electron chi connectivity index (χ1n) is 6.84. The summed E-state index contributed by atoms with van der Waals surface area (Å²) in [5.41, 5.74) is 0.182. The number of hydrogen-bond acceptors (Lipinski definition) is 5. The van der Waals surface area contributed by atoms with Crippen LogP contribution < -0.4 is 0 Å². The van der Waals surface area contributed by atoms with Crippen LogP contribution in [-0.2, 0) is 9.53 Å². The summed E-state index contributed by atoms with van der Waals surface area (Å²) in [6.45, 7) is 2.62. The molecule has 0 radical (unpaired) electrons. The average molecular weight is 310 g/mol. The Balaban J connectivity index is 1.67. The number of pyridine rings is 1. The summed E-state index contributed by atoms with van der Waals surface area (Å²) in [4.78, 5) is 28.5. The predicted octanol–water partition coefficient (Wildman–Crippen LogP) is 1.51. The fourth-order valence-electron chi connectivity index (χ4n) is 1.96. The van der Waals surface area contributed by atoms with E-state index < -0.39 is 5.97 Å². The van der Waals surface area contributed by atoms with Crippen molar-refractivity contribution >= 4 is 23.6 Å². The van der Waals surface area contributed by atoms with Gasteiger partial charge in [-0.2, -0.15) is 0 Å². The van der Waals surface area contributed by atoms with Gasteiger partial charge in [0.2, 0.25) is 5.91 Å². The summed E-state index contributed by atoms with van der Waals surface area (Å²) in [5.74, 6) is -0.0154. The van der Waals surface area contributed by atoms with Crippen molar-refractivity contribution in [1.82, 2.24) is 9.88 Å². The summed E-state index contributed by atoms with van der Waals surface area (Å²) in [5, 5.41) is 9.55. The van der Waals surface area contributed by atoms with Crippen molar-refractivity contribution in [1.29, 1.82) is 0 Å². The van der Waals surface area contributed by atoms with Crippen LogP contribution in [0.4, 0.5) is 0 Å². The molecular weight excluding hydrogens is 292 g/mol. The molecular formula is C14H18N2O4S. The van der Waals surface area contributed by atoms with Crippen LogP contribution in [0.5, 0.6) is 0 Å². The van der Waals surface area contributed by atoms with Crippen LogP contribution in [0, 0.1) is 0 Å². The molecule has 0 bridgehead atoms. The smallest absolute Gasteiger partial charge is 0.337 e. The van der Waals surface area contributed by atoms with Gasteiger partial charge in [-0.1, -0.05) is 0 Å². The fraction of sp³-hybridized carbons (Fsp3) is 0.500. The van der Waals surface area contributed by atoms with E-state index in [0.29, 0.717) is 32.7 Å². The molecule has 0 saturated carbocycles. The molecule has 7 heteroatoms. The van der Waals surface area contributed by atoms with E-state index in [-0.39, 0.29) is 11.5 Å². The Kier molecular flexibility index (Phi) is 6.01. The lowest BCUT2D eigenvalue weighted by atomic mass is 10.3. The van der Waals surface area contributed by atoms with E-state index in [1.165, 1.54) is 24.0 Å². The van der Waals surface area contributed by atoms with Crippen LogP contribution >= 0.6 is 11.8 Å². The minimum absolute atomic E-state index is 0.174. The summed E-state index contributed by atoms with van der Waals surface area (Å²) in [7, 11) is 0. The van der Waals surface area contributed by atoms with Gasteiger partial charge >= 0.3 is 5.97 Å². The van der Waals surface area contributed by atoms with Crippen LogP contribution in [0.25, 0.3) is 0 Å². The molecule has 1 aliphatic rings. The normalized spacial score (nSPS) is 15.0. The Labute approximate surface area is 127 Å². The van der Waals surface area contributed by atoms with Gasteiger partial charge in [0.15, 0.2) is 0 Å². The lowest BCUT2D eigenvalue weighted by Crippen LogP contribution is -2.40. The Morgan fingerprint density at radius 2 is 2.10 bits per heavy atom. The minimum atomic E-state index is -0.977. The largest absolute Gasteiger partial charge is 0.478 e. The molecule has 0 unspecified atom stereocenters. The molecule has 0 spiro atoms. The minimum Gasteiger partial charge on any atom is -0.478 e. The van der Waals surface area contributed by atoms with Crippen molar-refractivity contribution in [2.75, 3.05) is 32.1 Å². The zero-order valence-corrected chi connectivity index (χ0v) is 12.5. The molecule has 6 nitrogen and oxygen atoms in total. The molecule has 2 rings (SSSR count). The first kappa shape index (κ1) is 15.8. The molecule has 1 fully saturated rings. The van der Waals surface area contributed by atoms with Crippen LogP contribution in [0.2, 0.25) is 0 Å². The summed E-state index contributed by atoms with van der Waals surface area (Å²) in [6, 6.07) is 3.23. The van der Waals surface area contributed by atoms with Gasteiger partial charge in [-0.3, -0.25) is 4.79 Å². The van der Waals surface area contributed by atoms with Crippen molar-refractivity contribution in [2.45, 2.75) is 17.9 Å². The van der Waals surface area contributed by atoms with Gasteiger partial charge < -0.3 is 14.7 Å². The van der Waals surface area contributed by atoms with E-state index in [2.05, 4.69) is 4.98 Å². The quantitative estimate of drug-likeness (QED) is 0.634. The highest BCUT2D eigenvalue weighted by molar-refractivity contribution is 7.99. The number of morpholine rings is 1. The van der Waals surface area contributed by atoms with Crippen LogP contribution in [0.15, 0.2) is 23.4 Å². The van der Waals surface area contributed by atoms with Crippen molar-refractivity contribution in [2.24, 2.45) is 0 Å². The highest BCUT2D eigenvalue weighted by atomic mass is 32.2. The second kappa shape index (κ2) is 7.99. The van der Waals surface area contributed by atoms with Gasteiger partial charge in [0.05, 0.1) is 23.8 Å². The Hall–Kier alpha value is -1.60. The first-order valence-corrected chi connectivity index (χ1v) is 7.83. The molecule has 1 N–H and O–H groups in total. The summed E-state index contributed by atoms with van der Waals surface area (Å²) in [6.07, 6.45) is 2.66. The van der Waals surface area contributed by atoms with E-state index in [1.54, 1.807) is 6.07 Å². The van der Waals surface area contributed by atoms with E-state index in [1.807, 2.05) is 4.90 Å². The molecule has 0 aromatic carbocycles. The zero-order chi connectivity index (χ0) is 15.1. The monoisotopic (exact) mass is 310 g/mol. The Morgan fingerprint density at radius 3 is 2.71 bits per heavy atom. The maximum absolute atomic E-state index is 11.9. The van der Waals surface area contributed by atoms with E-state index in [0.717, 1.165) is 17.2 Å². The number of aromatic nitrogens is 1. The molecule has 1 saturated heterocycles. The van der Waals surface area contributed by atoms with Gasteiger partial charge in [-0.05, 0) is 24.3 Å². The highest BCUT2D eigenvalue weighted by Gasteiger charge is 2.15. The molecule has 0 aliphatic carbocycles. The number of carboxylic acids is 1. The third-order valence-electron chi connectivity index (χ3n) is 3.13. The van der Waals surface area contributed by atoms with Crippen molar-refractivity contribution < 1.29 is 19.4 Å². The lowest BCUT2D eigenvalue weighted by molar-refractivity contribution is -0.135. The lowest BCUT2D eigenvalue weighted by Gasteiger charge is -2.26. The van der Waals surface area contributed by atoms with Crippen molar-refractivity contribution in [3.05, 3.63) is 23.9 Å². The van der Waals surface area contributed by atoms with Gasteiger partial charge in [0.1, 0.15) is 0 Å². The van der Waals surface area contributed by atoms with Gasteiger partial charge in [0.25, 0.3) is 0 Å². The second-order valence-corrected chi connectivity index (χ2v) is 5.75. The maximum Gasteiger partial charge on any atom is 0.337 e. The van der Waals surface area contributed by atoms with E-state index >= 15 is 0 Å². The number of carbonyl (C=O) groups is 2. The number of thioether (sulfide) groups is 1. The number of hydrogen-bond donors (Lipinski definition) is 1. The van der Waals surface area contributed by atoms with Crippen LogP contribution in [0.1, 0.15) is 23.2 Å². The third kappa shape index (κ3) is 5.02. The number of nitrogens with zero attached hydrogens (tertiary/aromatic N) is 2. The molecule has 1 aromatic rings. The number of amides is 1. The topological polar surface area (TPSA) is 79.7 Å². The molecule has 0 atom stereocenters. The van der Waals surface area contributed by atoms with E-state index in [4.69, 9.17) is 9.84 Å². The third-order valence-corrected chi connectivity index (χ3v) is 4.16. The highest BCUT2D eigenvalue weighted by Crippen LogP contribution is 2.17. The molecule has 21 heavy (non-hydrogen) atoms. The molecule has 1 amide bonds. The zero-order valence-electron chi connectivity index (χ0n) is 11.7. The second-order valence-electron chi connectivity index (χ2n) is 4.64. The standard InChI is InChI=1S/C14H18N2O4S/c17-13(16-5-7-20-8-6-16)2-1-9-21-12-4-3-11(10-15-12)14(18)19/h3-4,10H,1-2,5-9H2,(H,18,19). The predicted molar refractivity (Wildman–Crippen MR) is 78.6 cm³/mol. The van der Waals surface area contributed by atoms with Crippen molar-refractivity contribution in [3.63, 3.8) is 0 Å². The number of carboxylic acid groups (broad SMARTS) is 1. The summed E-state index contributed by atoms with van der Waals surface area (Å²) >= 11 is 1.53. The Morgan fingerprint density at radius 1 is 1.33 bits per heavy atom. The summed E-state index contributed by atoms with van der Waals surface area (Å²) < 4.78 is 5.21. The Bertz CT molecular complexity index is 486. The first-order chi connectivity index (χ1) is 10.2. The fourth-order valence-corrected chi connectivity index (χ4v) is 2.75. The molecule has 114 valence electrons. The molecule has 1 aromatic heterocycles. The van der Waals surface area contributed by atoms with Crippen LogP contribution in [0.3, 0.4) is 0 Å². The average Bonchev–Trinajstić information content (AvgIpc) is 2.52. The van der Waals surface area contributed by atoms with Gasteiger partial charge in [0, 0.05) is 25.7 Å². The number of ether oxygens (including phenoxy) is 1. The maximum atomic E-state index is 11.9. The number of aromatic carboxylic acids is 1. The van der Waals surface area contributed by atoms with Gasteiger partial charge in [-0.25, -0.2) is 9.78 Å². The SMILES string of the molecule is O=C(O)c1ccc(SCCCC(=O)N2CCOCC2)nc1. The molecule has 1 aliphatic heterocycles.